The van der Waals surface area contributed by atoms with E-state index in [2.05, 4.69) is 6.92 Å². The fourth-order valence-electron chi connectivity index (χ4n) is 1.65. The third-order valence-electron chi connectivity index (χ3n) is 2.37. The molecule has 0 saturated carbocycles. The van der Waals surface area contributed by atoms with Crippen molar-refractivity contribution in [2.24, 2.45) is 0 Å². The topological polar surface area (TPSA) is 30.9 Å². The first-order valence-electron chi connectivity index (χ1n) is 4.46. The molecule has 1 aliphatic rings. The predicted octanol–water partition coefficient (Wildman–Crippen LogP) is 0.486. The highest BCUT2D eigenvalue weighted by Gasteiger charge is 2.34. The normalized spacial score (nSPS) is 36.5. The van der Waals surface area contributed by atoms with Crippen molar-refractivity contribution in [1.82, 2.24) is 4.90 Å². The van der Waals surface area contributed by atoms with Gasteiger partial charge in [0.1, 0.15) is 12.5 Å². The molecule has 1 rings (SSSR count). The third kappa shape index (κ3) is 2.20. The standard InChI is InChI=1S/C9H18NO3/c1-5-10-8(11-3)6-13-7(2)9(10)12-4/h7-9H,1,5-6H2,2-4H3. The molecule has 13 heavy (non-hydrogen) atoms. The Morgan fingerprint density at radius 3 is 2.62 bits per heavy atom. The molecule has 1 heterocycles. The molecule has 1 fully saturated rings. The van der Waals surface area contributed by atoms with Crippen LogP contribution in [-0.2, 0) is 14.2 Å². The molecule has 1 saturated heterocycles. The van der Waals surface area contributed by atoms with E-state index in [4.69, 9.17) is 14.2 Å². The van der Waals surface area contributed by atoms with Crippen LogP contribution in [-0.4, -0.2) is 50.8 Å². The number of morpholine rings is 1. The van der Waals surface area contributed by atoms with Crippen LogP contribution in [0, 0.1) is 6.92 Å². The molecule has 0 spiro atoms. The van der Waals surface area contributed by atoms with Gasteiger partial charge >= 0.3 is 0 Å². The number of methoxy groups -OCH3 is 2. The lowest BCUT2D eigenvalue weighted by atomic mass is 10.2. The van der Waals surface area contributed by atoms with E-state index < -0.39 is 0 Å². The number of rotatable bonds is 3. The fraction of sp³-hybridized carbons (Fsp3) is 0.889. The van der Waals surface area contributed by atoms with Crippen LogP contribution in [0.15, 0.2) is 0 Å². The summed E-state index contributed by atoms with van der Waals surface area (Å²) in [5.41, 5.74) is 0. The molecule has 77 valence electrons. The van der Waals surface area contributed by atoms with Crippen molar-refractivity contribution in [2.75, 3.05) is 27.4 Å². The van der Waals surface area contributed by atoms with Crippen molar-refractivity contribution in [1.29, 1.82) is 0 Å². The van der Waals surface area contributed by atoms with Crippen LogP contribution in [0.2, 0.25) is 0 Å². The van der Waals surface area contributed by atoms with Crippen LogP contribution < -0.4 is 0 Å². The highest BCUT2D eigenvalue weighted by molar-refractivity contribution is 4.78. The highest BCUT2D eigenvalue weighted by Crippen LogP contribution is 2.19. The Morgan fingerprint density at radius 2 is 2.15 bits per heavy atom. The molecule has 0 N–H and O–H groups in total. The highest BCUT2D eigenvalue weighted by atomic mass is 16.6. The lowest BCUT2D eigenvalue weighted by Gasteiger charge is -2.42. The molecular formula is C9H18NO3. The first-order chi connectivity index (χ1) is 6.24. The fourth-order valence-corrected chi connectivity index (χ4v) is 1.65. The van der Waals surface area contributed by atoms with Gasteiger partial charge in [-0.2, -0.15) is 0 Å². The minimum absolute atomic E-state index is 0.0429. The Labute approximate surface area is 79.8 Å². The molecule has 0 bridgehead atoms. The van der Waals surface area contributed by atoms with E-state index in [0.29, 0.717) is 13.2 Å². The second-order valence-electron chi connectivity index (χ2n) is 3.09. The van der Waals surface area contributed by atoms with Crippen molar-refractivity contribution in [3.63, 3.8) is 0 Å². The minimum atomic E-state index is -0.0591. The first kappa shape index (κ1) is 10.9. The van der Waals surface area contributed by atoms with E-state index >= 15 is 0 Å². The van der Waals surface area contributed by atoms with Crippen LogP contribution >= 0.6 is 0 Å². The molecule has 3 unspecified atom stereocenters. The van der Waals surface area contributed by atoms with Crippen LogP contribution in [0.3, 0.4) is 0 Å². The van der Waals surface area contributed by atoms with Gasteiger partial charge in [0.15, 0.2) is 0 Å². The van der Waals surface area contributed by atoms with Crippen LogP contribution in [0.5, 0.6) is 0 Å². The SMILES string of the molecule is [CH2]CN1C(OC)COC(C)C1OC. The summed E-state index contributed by atoms with van der Waals surface area (Å²) in [7, 11) is 3.34. The maximum Gasteiger partial charge on any atom is 0.138 e. The number of hydrogen-bond donors (Lipinski definition) is 0. The van der Waals surface area contributed by atoms with Gasteiger partial charge in [0.2, 0.25) is 0 Å². The van der Waals surface area contributed by atoms with Crippen LogP contribution in [0.25, 0.3) is 0 Å². The summed E-state index contributed by atoms with van der Waals surface area (Å²) in [4.78, 5) is 2.05. The Balaban J connectivity index is 2.64. The van der Waals surface area contributed by atoms with Gasteiger partial charge in [0.05, 0.1) is 12.7 Å². The van der Waals surface area contributed by atoms with Crippen molar-refractivity contribution in [3.05, 3.63) is 6.92 Å². The molecule has 1 aliphatic heterocycles. The van der Waals surface area contributed by atoms with Crippen molar-refractivity contribution in [3.8, 4) is 0 Å². The van der Waals surface area contributed by atoms with Crippen LogP contribution in [0.1, 0.15) is 6.92 Å². The van der Waals surface area contributed by atoms with Gasteiger partial charge in [-0.1, -0.05) is 0 Å². The van der Waals surface area contributed by atoms with Crippen molar-refractivity contribution in [2.45, 2.75) is 25.5 Å². The monoisotopic (exact) mass is 188 g/mol. The maximum atomic E-state index is 5.50. The summed E-state index contributed by atoms with van der Waals surface area (Å²) in [6.07, 6.45) is -0.0343. The smallest absolute Gasteiger partial charge is 0.138 e. The van der Waals surface area contributed by atoms with Gasteiger partial charge in [-0.05, 0) is 13.8 Å². The number of hydrogen-bond acceptors (Lipinski definition) is 4. The average Bonchev–Trinajstić information content (AvgIpc) is 2.17. The van der Waals surface area contributed by atoms with Gasteiger partial charge in [0, 0.05) is 20.8 Å². The van der Waals surface area contributed by atoms with Gasteiger partial charge in [-0.3, -0.25) is 0 Å². The second kappa shape index (κ2) is 4.91. The first-order valence-corrected chi connectivity index (χ1v) is 4.46. The van der Waals surface area contributed by atoms with E-state index in [1.165, 1.54) is 0 Å². The Bertz CT molecular complexity index is 154. The maximum absolute atomic E-state index is 5.50. The average molecular weight is 188 g/mol. The summed E-state index contributed by atoms with van der Waals surface area (Å²) >= 11 is 0. The Hall–Kier alpha value is -0.160. The quantitative estimate of drug-likeness (QED) is 0.645. The lowest BCUT2D eigenvalue weighted by molar-refractivity contribution is -0.237. The van der Waals surface area contributed by atoms with E-state index in [0.717, 1.165) is 0 Å². The molecule has 4 heteroatoms. The molecule has 4 nitrogen and oxygen atoms in total. The van der Waals surface area contributed by atoms with E-state index in [-0.39, 0.29) is 18.6 Å². The van der Waals surface area contributed by atoms with Crippen molar-refractivity contribution >= 4 is 0 Å². The summed E-state index contributed by atoms with van der Waals surface area (Å²) in [5, 5.41) is 0. The zero-order valence-electron chi connectivity index (χ0n) is 8.53. The molecule has 0 amide bonds. The molecule has 0 aromatic carbocycles. The van der Waals surface area contributed by atoms with Gasteiger partial charge < -0.3 is 14.2 Å². The number of ether oxygens (including phenoxy) is 3. The number of nitrogens with zero attached hydrogens (tertiary/aromatic N) is 1. The van der Waals surface area contributed by atoms with E-state index in [1.54, 1.807) is 14.2 Å². The van der Waals surface area contributed by atoms with E-state index in [1.807, 2.05) is 11.8 Å². The molecule has 3 atom stereocenters. The third-order valence-corrected chi connectivity index (χ3v) is 2.37. The second-order valence-corrected chi connectivity index (χ2v) is 3.09. The molecule has 0 aromatic heterocycles. The molecule has 0 aliphatic carbocycles. The summed E-state index contributed by atoms with van der Waals surface area (Å²) in [5.74, 6) is 0. The molecule has 1 radical (unpaired) electrons. The largest absolute Gasteiger partial charge is 0.370 e. The zero-order valence-corrected chi connectivity index (χ0v) is 8.53. The van der Waals surface area contributed by atoms with Gasteiger partial charge in [-0.15, -0.1) is 0 Å². The van der Waals surface area contributed by atoms with Gasteiger partial charge in [-0.25, -0.2) is 4.90 Å². The molecule has 0 aromatic rings. The zero-order chi connectivity index (χ0) is 9.84. The summed E-state index contributed by atoms with van der Waals surface area (Å²) in [6, 6.07) is 0. The van der Waals surface area contributed by atoms with Gasteiger partial charge in [0.25, 0.3) is 0 Å². The molecular weight excluding hydrogens is 170 g/mol. The Kier molecular flexibility index (Phi) is 4.12. The van der Waals surface area contributed by atoms with E-state index in [9.17, 15) is 0 Å². The summed E-state index contributed by atoms with van der Waals surface area (Å²) < 4.78 is 16.1. The predicted molar refractivity (Wildman–Crippen MR) is 49.1 cm³/mol. The van der Waals surface area contributed by atoms with Crippen molar-refractivity contribution < 1.29 is 14.2 Å². The van der Waals surface area contributed by atoms with Crippen LogP contribution in [0.4, 0.5) is 0 Å². The summed E-state index contributed by atoms with van der Waals surface area (Å²) in [6.45, 7) is 7.07. The Morgan fingerprint density at radius 1 is 1.46 bits per heavy atom. The minimum Gasteiger partial charge on any atom is -0.370 e. The lowest BCUT2D eigenvalue weighted by Crippen LogP contribution is -2.57.